The predicted molar refractivity (Wildman–Crippen MR) is 98.6 cm³/mol. The van der Waals surface area contributed by atoms with Gasteiger partial charge in [0.05, 0.1) is 36.9 Å². The maximum Gasteiger partial charge on any atom is 0.410 e. The van der Waals surface area contributed by atoms with E-state index in [-0.39, 0.29) is 16.6 Å². The van der Waals surface area contributed by atoms with Crippen molar-refractivity contribution in [3.05, 3.63) is 46.8 Å². The molecule has 4 rings (SSSR count). The minimum absolute atomic E-state index is 0.110. The quantitative estimate of drug-likeness (QED) is 0.848. The van der Waals surface area contributed by atoms with Gasteiger partial charge < -0.3 is 20.1 Å². The van der Waals surface area contributed by atoms with E-state index in [0.717, 1.165) is 34.0 Å². The van der Waals surface area contributed by atoms with Gasteiger partial charge in [-0.25, -0.2) is 4.79 Å². The van der Waals surface area contributed by atoms with E-state index >= 15 is 0 Å². The first kappa shape index (κ1) is 16.8. The molecule has 0 aliphatic carbocycles. The monoisotopic (exact) mass is 373 g/mol. The van der Waals surface area contributed by atoms with Gasteiger partial charge in [-0.1, -0.05) is 23.9 Å². The number of benzene rings is 1. The van der Waals surface area contributed by atoms with Crippen LogP contribution in [0.2, 0.25) is 0 Å². The van der Waals surface area contributed by atoms with Crippen molar-refractivity contribution in [2.75, 3.05) is 26.8 Å². The summed E-state index contributed by atoms with van der Waals surface area (Å²) in [5.41, 5.74) is 4.63. The van der Waals surface area contributed by atoms with E-state index in [9.17, 15) is 9.59 Å². The first-order valence-corrected chi connectivity index (χ1v) is 9.25. The second-order valence-electron chi connectivity index (χ2n) is 6.11. The minimum atomic E-state index is -0.326. The molecule has 8 heteroatoms. The van der Waals surface area contributed by atoms with Gasteiger partial charge in [-0.3, -0.25) is 9.69 Å². The number of rotatable bonds is 3. The number of carbonyl (C=O) groups is 2. The third-order valence-corrected chi connectivity index (χ3v) is 5.64. The lowest BCUT2D eigenvalue weighted by molar-refractivity contribution is 0.116. The molecule has 7 nitrogen and oxygen atoms in total. The number of nitrogens with zero attached hydrogens (tertiary/aromatic N) is 1. The van der Waals surface area contributed by atoms with E-state index in [1.54, 1.807) is 18.9 Å². The summed E-state index contributed by atoms with van der Waals surface area (Å²) in [6.07, 6.45) is -0.326. The Morgan fingerprint density at radius 2 is 2.19 bits per heavy atom. The van der Waals surface area contributed by atoms with Gasteiger partial charge in [-0.05, 0) is 24.6 Å². The summed E-state index contributed by atoms with van der Waals surface area (Å²) >= 11 is 1.23. The number of hydrogen-bond donors (Lipinski definition) is 2. The SMILES string of the molecule is CCOC(=O)N1CC2=C(C1)C1SC(=O)NC(c3cccc(OC)c3)=C1N2. The van der Waals surface area contributed by atoms with Crippen molar-refractivity contribution in [1.82, 2.24) is 15.5 Å². The normalized spacial score (nSPS) is 21.2. The first-order chi connectivity index (χ1) is 12.6. The van der Waals surface area contributed by atoms with E-state index in [1.165, 1.54) is 11.8 Å². The lowest BCUT2D eigenvalue weighted by atomic mass is 10.1. The highest BCUT2D eigenvalue weighted by Gasteiger charge is 2.43. The summed E-state index contributed by atoms with van der Waals surface area (Å²) in [4.78, 5) is 25.9. The highest BCUT2D eigenvalue weighted by Crippen LogP contribution is 2.42. The van der Waals surface area contributed by atoms with Crippen molar-refractivity contribution in [3.63, 3.8) is 0 Å². The lowest BCUT2D eigenvalue weighted by Crippen LogP contribution is -2.37. The van der Waals surface area contributed by atoms with Crippen LogP contribution in [0.25, 0.3) is 5.70 Å². The highest BCUT2D eigenvalue weighted by atomic mass is 32.2. The van der Waals surface area contributed by atoms with Crippen LogP contribution in [0.4, 0.5) is 9.59 Å². The molecule has 0 fully saturated rings. The minimum Gasteiger partial charge on any atom is -0.497 e. The number of carbonyl (C=O) groups excluding carboxylic acids is 2. The molecule has 2 N–H and O–H groups in total. The maximum absolute atomic E-state index is 12.3. The predicted octanol–water partition coefficient (Wildman–Crippen LogP) is 2.52. The standard InChI is InChI=1S/C18H19N3O4S/c1-3-25-18(23)21-8-12-13(9-21)19-15-14(20-17(22)26-16(12)15)10-5-4-6-11(7-10)24-2/h4-7,16,19H,3,8-9H2,1-2H3,(H,20,22). The van der Waals surface area contributed by atoms with Crippen molar-refractivity contribution in [2.24, 2.45) is 0 Å². The Labute approximate surface area is 155 Å². The molecular formula is C18H19N3O4S. The van der Waals surface area contributed by atoms with E-state index in [0.29, 0.717) is 19.7 Å². The Hall–Kier alpha value is -2.61. The van der Waals surface area contributed by atoms with Crippen LogP contribution in [0.3, 0.4) is 0 Å². The molecule has 3 heterocycles. The van der Waals surface area contributed by atoms with Crippen molar-refractivity contribution < 1.29 is 19.1 Å². The third kappa shape index (κ3) is 2.80. The molecule has 0 aromatic heterocycles. The van der Waals surface area contributed by atoms with Crippen molar-refractivity contribution in [1.29, 1.82) is 0 Å². The molecule has 0 spiro atoms. The van der Waals surface area contributed by atoms with Gasteiger partial charge in [0.15, 0.2) is 0 Å². The van der Waals surface area contributed by atoms with Gasteiger partial charge in [-0.15, -0.1) is 0 Å². The van der Waals surface area contributed by atoms with Crippen molar-refractivity contribution in [3.8, 4) is 5.75 Å². The Kier molecular flexibility index (Phi) is 4.28. The van der Waals surface area contributed by atoms with Crippen LogP contribution < -0.4 is 15.4 Å². The molecule has 0 bridgehead atoms. The van der Waals surface area contributed by atoms with E-state index in [4.69, 9.17) is 9.47 Å². The number of methoxy groups -OCH3 is 1. The molecule has 3 aliphatic heterocycles. The largest absolute Gasteiger partial charge is 0.497 e. The molecule has 0 saturated carbocycles. The van der Waals surface area contributed by atoms with Crippen LogP contribution in [-0.2, 0) is 4.74 Å². The van der Waals surface area contributed by atoms with E-state index in [1.807, 2.05) is 24.3 Å². The number of fused-ring (bicyclic) bond motifs is 2. The van der Waals surface area contributed by atoms with Gasteiger partial charge >= 0.3 is 6.09 Å². The Morgan fingerprint density at radius 3 is 2.96 bits per heavy atom. The summed E-state index contributed by atoms with van der Waals surface area (Å²) in [7, 11) is 1.61. The molecule has 2 amide bonds. The van der Waals surface area contributed by atoms with Crippen LogP contribution in [0.1, 0.15) is 12.5 Å². The molecule has 1 aromatic carbocycles. The number of thioether (sulfide) groups is 1. The Balaban J connectivity index is 1.64. The number of ether oxygens (including phenoxy) is 2. The topological polar surface area (TPSA) is 79.9 Å². The lowest BCUT2D eigenvalue weighted by Gasteiger charge is -2.27. The second kappa shape index (κ2) is 6.60. The van der Waals surface area contributed by atoms with Crippen molar-refractivity contribution >= 4 is 28.8 Å². The second-order valence-corrected chi connectivity index (χ2v) is 7.19. The molecule has 136 valence electrons. The molecule has 1 atom stereocenters. The van der Waals surface area contributed by atoms with Gasteiger partial charge in [0.2, 0.25) is 0 Å². The molecule has 0 saturated heterocycles. The number of hydrogen-bond acceptors (Lipinski definition) is 6. The van der Waals surface area contributed by atoms with Gasteiger partial charge in [-0.2, -0.15) is 0 Å². The van der Waals surface area contributed by atoms with Gasteiger partial charge in [0.25, 0.3) is 5.24 Å². The van der Waals surface area contributed by atoms with Crippen LogP contribution in [0.5, 0.6) is 5.75 Å². The zero-order valence-electron chi connectivity index (χ0n) is 14.5. The molecular weight excluding hydrogens is 354 g/mol. The van der Waals surface area contributed by atoms with E-state index < -0.39 is 0 Å². The smallest absolute Gasteiger partial charge is 0.410 e. The fraction of sp³-hybridized carbons (Fsp3) is 0.333. The summed E-state index contributed by atoms with van der Waals surface area (Å²) in [6, 6.07) is 7.59. The van der Waals surface area contributed by atoms with Crippen molar-refractivity contribution in [2.45, 2.75) is 12.2 Å². The Morgan fingerprint density at radius 1 is 1.35 bits per heavy atom. The zero-order valence-corrected chi connectivity index (χ0v) is 15.3. The summed E-state index contributed by atoms with van der Waals surface area (Å²) in [5.74, 6) is 0.728. The molecule has 0 radical (unpaired) electrons. The summed E-state index contributed by atoms with van der Waals surface area (Å²) in [6.45, 7) is 3.07. The van der Waals surface area contributed by atoms with Crippen LogP contribution in [0, 0.1) is 0 Å². The highest BCUT2D eigenvalue weighted by molar-refractivity contribution is 8.14. The van der Waals surface area contributed by atoms with Crippen LogP contribution in [0.15, 0.2) is 41.2 Å². The summed E-state index contributed by atoms with van der Waals surface area (Å²) < 4.78 is 10.4. The number of amides is 2. The zero-order chi connectivity index (χ0) is 18.3. The molecule has 3 aliphatic rings. The Bertz CT molecular complexity index is 849. The number of nitrogens with one attached hydrogen (secondary N) is 2. The third-order valence-electron chi connectivity index (χ3n) is 4.57. The first-order valence-electron chi connectivity index (χ1n) is 8.37. The molecule has 1 unspecified atom stereocenters. The fourth-order valence-electron chi connectivity index (χ4n) is 3.39. The van der Waals surface area contributed by atoms with E-state index in [2.05, 4.69) is 10.6 Å². The average Bonchev–Trinajstić information content (AvgIpc) is 3.20. The van der Waals surface area contributed by atoms with Gasteiger partial charge in [0.1, 0.15) is 5.75 Å². The average molecular weight is 373 g/mol. The summed E-state index contributed by atoms with van der Waals surface area (Å²) in [5, 5.41) is 6.15. The van der Waals surface area contributed by atoms with Crippen LogP contribution >= 0.6 is 11.8 Å². The van der Waals surface area contributed by atoms with Crippen LogP contribution in [-0.4, -0.2) is 48.3 Å². The van der Waals surface area contributed by atoms with Gasteiger partial charge in [0, 0.05) is 17.8 Å². The maximum atomic E-state index is 12.3. The fourth-order valence-corrected chi connectivity index (χ4v) is 4.42. The molecule has 26 heavy (non-hydrogen) atoms. The molecule has 1 aromatic rings.